The molecule has 0 spiro atoms. The van der Waals surface area contributed by atoms with E-state index >= 15 is 0 Å². The maximum atomic E-state index is 5.24. The predicted molar refractivity (Wildman–Crippen MR) is 210 cm³/mol. The molecular weight excluding hydrogens is 627 g/mol. The molecule has 10 rings (SSSR count). The molecule has 3 heterocycles. The number of benzene rings is 6. The van der Waals surface area contributed by atoms with E-state index in [2.05, 4.69) is 159 Å². The third-order valence-corrected chi connectivity index (χ3v) is 11.5. The molecule has 0 amide bonds. The maximum absolute atomic E-state index is 5.24. The summed E-state index contributed by atoms with van der Waals surface area (Å²) in [5.41, 5.74) is 13.2. The molecule has 9 aromatic rings. The minimum absolute atomic E-state index is 0.104. The van der Waals surface area contributed by atoms with Gasteiger partial charge in [0.1, 0.15) is 0 Å². The molecule has 0 N–H and O–H groups in total. The van der Waals surface area contributed by atoms with Gasteiger partial charge in [-0.25, -0.2) is 15.0 Å². The van der Waals surface area contributed by atoms with E-state index in [1.165, 1.54) is 47.8 Å². The van der Waals surface area contributed by atoms with Crippen LogP contribution in [0, 0.1) is 0 Å². The van der Waals surface area contributed by atoms with Gasteiger partial charge in [0.25, 0.3) is 0 Å². The van der Waals surface area contributed by atoms with Gasteiger partial charge in [-0.05, 0) is 46.5 Å². The molecule has 0 unspecified atom stereocenters. The van der Waals surface area contributed by atoms with Crippen LogP contribution in [0.15, 0.2) is 152 Å². The fourth-order valence-corrected chi connectivity index (χ4v) is 8.98. The number of aromatic nitrogens is 3. The molecule has 0 bridgehead atoms. The predicted octanol–water partition coefficient (Wildman–Crippen LogP) is 12.4. The van der Waals surface area contributed by atoms with Crippen molar-refractivity contribution >= 4 is 42.4 Å². The summed E-state index contributed by atoms with van der Waals surface area (Å²) in [7, 11) is 0. The first-order valence-electron chi connectivity index (χ1n) is 17.0. The lowest BCUT2D eigenvalue weighted by Gasteiger charge is -2.21. The molecule has 0 aliphatic heterocycles. The Morgan fingerprint density at radius 3 is 1.92 bits per heavy atom. The van der Waals surface area contributed by atoms with Gasteiger partial charge < -0.3 is 0 Å². The summed E-state index contributed by atoms with van der Waals surface area (Å²) in [6, 6.07) is 53.8. The highest BCUT2D eigenvalue weighted by molar-refractivity contribution is 7.26. The van der Waals surface area contributed by atoms with Gasteiger partial charge in [0.2, 0.25) is 0 Å². The average Bonchev–Trinajstić information content (AvgIpc) is 3.68. The summed E-state index contributed by atoms with van der Waals surface area (Å²) >= 11 is 1.85. The Labute approximate surface area is 294 Å². The third-order valence-electron chi connectivity index (χ3n) is 10.3. The van der Waals surface area contributed by atoms with Crippen LogP contribution in [0.1, 0.15) is 25.0 Å². The van der Waals surface area contributed by atoms with Crippen molar-refractivity contribution in [2.75, 3.05) is 0 Å². The molecule has 4 heteroatoms. The Hall–Kier alpha value is -5.97. The van der Waals surface area contributed by atoms with Crippen LogP contribution < -0.4 is 0 Å². The highest BCUT2D eigenvalue weighted by Crippen LogP contribution is 2.49. The summed E-state index contributed by atoms with van der Waals surface area (Å²) in [6.07, 6.45) is 0. The first kappa shape index (κ1) is 29.0. The van der Waals surface area contributed by atoms with Crippen LogP contribution >= 0.6 is 11.3 Å². The number of hydrogen-bond acceptors (Lipinski definition) is 4. The standard InChI is InChI=1S/C46H31N3S/c1-46(2)36-17-9-6-14-32(36)33-25-24-31(26-37(33)46)45-48-39(28-12-4-3-5-13-28)27-40(49-45)29-20-22-30(23-21-29)43-42-35-16-8-11-19-41(35)50-44(42)34-15-7-10-18-38(34)47-43/h3-27H,1-2H3. The summed E-state index contributed by atoms with van der Waals surface area (Å²) in [6.45, 7) is 4.62. The van der Waals surface area contributed by atoms with E-state index in [1.54, 1.807) is 0 Å². The molecule has 236 valence electrons. The van der Waals surface area contributed by atoms with Crippen molar-refractivity contribution in [2.45, 2.75) is 19.3 Å². The van der Waals surface area contributed by atoms with E-state index in [4.69, 9.17) is 15.0 Å². The normalized spacial score (nSPS) is 13.2. The van der Waals surface area contributed by atoms with E-state index in [0.717, 1.165) is 50.7 Å². The quantitative estimate of drug-likeness (QED) is 0.189. The van der Waals surface area contributed by atoms with Gasteiger partial charge in [-0.3, -0.25) is 0 Å². The van der Waals surface area contributed by atoms with E-state index in [0.29, 0.717) is 0 Å². The van der Waals surface area contributed by atoms with Crippen molar-refractivity contribution in [3.63, 3.8) is 0 Å². The number of para-hydroxylation sites is 1. The monoisotopic (exact) mass is 657 g/mol. The van der Waals surface area contributed by atoms with Gasteiger partial charge in [0.05, 0.1) is 22.6 Å². The second-order valence-electron chi connectivity index (χ2n) is 13.6. The molecule has 0 radical (unpaired) electrons. The molecular formula is C46H31N3S. The molecule has 3 aromatic heterocycles. The average molecular weight is 658 g/mol. The van der Waals surface area contributed by atoms with Gasteiger partial charge in [0.15, 0.2) is 5.82 Å². The molecule has 50 heavy (non-hydrogen) atoms. The van der Waals surface area contributed by atoms with Crippen LogP contribution in [0.25, 0.3) is 87.4 Å². The molecule has 0 fully saturated rings. The number of fused-ring (bicyclic) bond motifs is 8. The molecule has 0 saturated carbocycles. The van der Waals surface area contributed by atoms with Crippen molar-refractivity contribution < 1.29 is 0 Å². The second kappa shape index (κ2) is 11.0. The van der Waals surface area contributed by atoms with E-state index < -0.39 is 0 Å². The van der Waals surface area contributed by atoms with Crippen LogP contribution in [0.5, 0.6) is 0 Å². The van der Waals surface area contributed by atoms with E-state index in [1.807, 2.05) is 17.4 Å². The Bertz CT molecular complexity index is 2780. The number of thiophene rings is 1. The van der Waals surface area contributed by atoms with Crippen molar-refractivity contribution in [3.8, 4) is 56.3 Å². The number of rotatable bonds is 4. The molecule has 3 nitrogen and oxygen atoms in total. The Kier molecular flexibility index (Phi) is 6.39. The highest BCUT2D eigenvalue weighted by atomic mass is 32.1. The van der Waals surface area contributed by atoms with Gasteiger partial charge in [0, 0.05) is 53.2 Å². The van der Waals surface area contributed by atoms with Gasteiger partial charge in [-0.1, -0.05) is 141 Å². The fourth-order valence-electron chi connectivity index (χ4n) is 7.74. The minimum Gasteiger partial charge on any atom is -0.247 e. The van der Waals surface area contributed by atoms with Crippen molar-refractivity contribution in [1.82, 2.24) is 15.0 Å². The first-order valence-corrected chi connectivity index (χ1v) is 17.8. The summed E-state index contributed by atoms with van der Waals surface area (Å²) < 4.78 is 2.56. The van der Waals surface area contributed by atoms with Crippen LogP contribution in [0.3, 0.4) is 0 Å². The number of nitrogens with zero attached hydrogens (tertiary/aromatic N) is 3. The van der Waals surface area contributed by atoms with Crippen LogP contribution in [-0.4, -0.2) is 15.0 Å². The first-order chi connectivity index (χ1) is 24.5. The summed E-state index contributed by atoms with van der Waals surface area (Å²) in [5, 5.41) is 3.66. The van der Waals surface area contributed by atoms with Crippen LogP contribution in [0.2, 0.25) is 0 Å². The maximum Gasteiger partial charge on any atom is 0.160 e. The minimum atomic E-state index is -0.104. The Morgan fingerprint density at radius 1 is 0.480 bits per heavy atom. The lowest BCUT2D eigenvalue weighted by Crippen LogP contribution is -2.15. The van der Waals surface area contributed by atoms with Crippen LogP contribution in [-0.2, 0) is 5.41 Å². The summed E-state index contributed by atoms with van der Waals surface area (Å²) in [5.74, 6) is 0.725. The molecule has 0 atom stereocenters. The largest absolute Gasteiger partial charge is 0.247 e. The molecule has 6 aromatic carbocycles. The highest BCUT2D eigenvalue weighted by Gasteiger charge is 2.35. The van der Waals surface area contributed by atoms with E-state index in [9.17, 15) is 0 Å². The summed E-state index contributed by atoms with van der Waals surface area (Å²) in [4.78, 5) is 15.6. The molecule has 1 aliphatic rings. The SMILES string of the molecule is CC1(C)c2ccccc2-c2ccc(-c3nc(-c4ccccc4)cc(-c4ccc(-c5nc6ccccc6c6sc7ccccc7c56)cc4)n3)cc21. The van der Waals surface area contributed by atoms with Gasteiger partial charge >= 0.3 is 0 Å². The van der Waals surface area contributed by atoms with Crippen molar-refractivity contribution in [1.29, 1.82) is 0 Å². The zero-order valence-corrected chi connectivity index (χ0v) is 28.5. The molecule has 1 aliphatic carbocycles. The zero-order chi connectivity index (χ0) is 33.4. The van der Waals surface area contributed by atoms with Crippen molar-refractivity contribution in [2.24, 2.45) is 0 Å². The van der Waals surface area contributed by atoms with E-state index in [-0.39, 0.29) is 5.41 Å². The fraction of sp³-hybridized carbons (Fsp3) is 0.0652. The van der Waals surface area contributed by atoms with Crippen molar-refractivity contribution in [3.05, 3.63) is 163 Å². The Morgan fingerprint density at radius 2 is 1.10 bits per heavy atom. The third kappa shape index (κ3) is 4.45. The smallest absolute Gasteiger partial charge is 0.160 e. The Balaban J connectivity index is 1.11. The number of pyridine rings is 1. The van der Waals surface area contributed by atoms with Gasteiger partial charge in [-0.2, -0.15) is 0 Å². The number of hydrogen-bond donors (Lipinski definition) is 0. The lowest BCUT2D eigenvalue weighted by molar-refractivity contribution is 0.660. The van der Waals surface area contributed by atoms with Gasteiger partial charge in [-0.15, -0.1) is 11.3 Å². The lowest BCUT2D eigenvalue weighted by atomic mass is 9.82. The van der Waals surface area contributed by atoms with Crippen LogP contribution in [0.4, 0.5) is 0 Å². The topological polar surface area (TPSA) is 38.7 Å². The second-order valence-corrected chi connectivity index (χ2v) is 14.7. The zero-order valence-electron chi connectivity index (χ0n) is 27.7. The molecule has 0 saturated heterocycles.